The van der Waals surface area contributed by atoms with Gasteiger partial charge in [-0.25, -0.2) is 0 Å². The molecule has 86 valence electrons. The van der Waals surface area contributed by atoms with E-state index in [1.165, 1.54) is 0 Å². The van der Waals surface area contributed by atoms with Crippen molar-refractivity contribution >= 4 is 0 Å². The van der Waals surface area contributed by atoms with Gasteiger partial charge in [0.1, 0.15) is 6.23 Å². The maximum Gasteiger partial charge on any atom is 0.109 e. The molecule has 0 radical (unpaired) electrons. The summed E-state index contributed by atoms with van der Waals surface area (Å²) in [5.41, 5.74) is 0. The highest BCUT2D eigenvalue weighted by Crippen LogP contribution is 2.05. The molecular formula is C11H25NO2. The molecule has 0 bridgehead atoms. The second kappa shape index (κ2) is 9.44. The first kappa shape index (κ1) is 13.9. The van der Waals surface area contributed by atoms with E-state index >= 15 is 0 Å². The van der Waals surface area contributed by atoms with E-state index < -0.39 is 6.23 Å². The lowest BCUT2D eigenvalue weighted by atomic mass is 10.2. The number of hydrogen-bond donors (Lipinski definition) is 2. The molecule has 2 N–H and O–H groups in total. The summed E-state index contributed by atoms with van der Waals surface area (Å²) < 4.78 is 0. The van der Waals surface area contributed by atoms with Crippen LogP contribution in [-0.2, 0) is 0 Å². The predicted molar refractivity (Wildman–Crippen MR) is 59.1 cm³/mol. The molecule has 0 saturated carbocycles. The molecule has 0 aromatic heterocycles. The predicted octanol–water partition coefficient (Wildman–Crippen LogP) is 1.59. The minimum Gasteiger partial charge on any atom is -0.396 e. The van der Waals surface area contributed by atoms with Gasteiger partial charge in [0.05, 0.1) is 0 Å². The summed E-state index contributed by atoms with van der Waals surface area (Å²) in [6, 6.07) is 0. The minimum atomic E-state index is -0.460. The standard InChI is InChI=1S/C11H25NO2/c1-3-5-8-12(9-6-4-2)11(14)7-10-13/h11,13-14H,3-10H2,1-2H3. The van der Waals surface area contributed by atoms with Crippen LogP contribution in [0.5, 0.6) is 0 Å². The van der Waals surface area contributed by atoms with Gasteiger partial charge in [0.15, 0.2) is 0 Å². The van der Waals surface area contributed by atoms with Gasteiger partial charge in [-0.3, -0.25) is 4.90 Å². The van der Waals surface area contributed by atoms with Crippen molar-refractivity contribution in [1.82, 2.24) is 4.90 Å². The maximum atomic E-state index is 9.73. The quantitative estimate of drug-likeness (QED) is 0.559. The van der Waals surface area contributed by atoms with Crippen molar-refractivity contribution in [1.29, 1.82) is 0 Å². The lowest BCUT2D eigenvalue weighted by Gasteiger charge is -2.27. The Morgan fingerprint density at radius 1 is 1.07 bits per heavy atom. The fraction of sp³-hybridized carbons (Fsp3) is 1.00. The van der Waals surface area contributed by atoms with Crippen LogP contribution in [0.4, 0.5) is 0 Å². The second-order valence-corrected chi connectivity index (χ2v) is 3.74. The highest BCUT2D eigenvalue weighted by atomic mass is 16.3. The maximum absolute atomic E-state index is 9.73. The first-order chi connectivity index (χ1) is 6.76. The molecule has 0 saturated heterocycles. The van der Waals surface area contributed by atoms with Gasteiger partial charge >= 0.3 is 0 Å². The highest BCUT2D eigenvalue weighted by molar-refractivity contribution is 4.61. The summed E-state index contributed by atoms with van der Waals surface area (Å²) in [6.07, 6.45) is 4.53. The SMILES string of the molecule is CCCCN(CCCC)C(O)CCO. The molecule has 0 rings (SSSR count). The van der Waals surface area contributed by atoms with E-state index in [0.717, 1.165) is 38.8 Å². The number of hydrogen-bond acceptors (Lipinski definition) is 3. The molecular weight excluding hydrogens is 178 g/mol. The summed E-state index contributed by atoms with van der Waals surface area (Å²) >= 11 is 0. The van der Waals surface area contributed by atoms with E-state index in [4.69, 9.17) is 5.11 Å². The van der Waals surface area contributed by atoms with Crippen molar-refractivity contribution < 1.29 is 10.2 Å². The topological polar surface area (TPSA) is 43.7 Å². The Morgan fingerprint density at radius 3 is 1.93 bits per heavy atom. The molecule has 0 fully saturated rings. The van der Waals surface area contributed by atoms with Gasteiger partial charge in [0.25, 0.3) is 0 Å². The van der Waals surface area contributed by atoms with Crippen LogP contribution in [-0.4, -0.2) is 41.0 Å². The summed E-state index contributed by atoms with van der Waals surface area (Å²) in [5.74, 6) is 0. The Bertz CT molecular complexity index is 112. The molecule has 1 unspecified atom stereocenters. The van der Waals surface area contributed by atoms with Crippen LogP contribution in [0.3, 0.4) is 0 Å². The van der Waals surface area contributed by atoms with E-state index in [0.29, 0.717) is 6.42 Å². The lowest BCUT2D eigenvalue weighted by Crippen LogP contribution is -2.37. The fourth-order valence-electron chi connectivity index (χ4n) is 1.43. The van der Waals surface area contributed by atoms with Crippen molar-refractivity contribution in [2.24, 2.45) is 0 Å². The van der Waals surface area contributed by atoms with Gasteiger partial charge in [-0.15, -0.1) is 0 Å². The highest BCUT2D eigenvalue weighted by Gasteiger charge is 2.13. The molecule has 3 heteroatoms. The normalized spacial score (nSPS) is 13.5. The van der Waals surface area contributed by atoms with Crippen molar-refractivity contribution in [3.63, 3.8) is 0 Å². The van der Waals surface area contributed by atoms with Gasteiger partial charge < -0.3 is 10.2 Å². The molecule has 0 aliphatic rings. The average molecular weight is 203 g/mol. The van der Waals surface area contributed by atoms with Gasteiger partial charge in [0.2, 0.25) is 0 Å². The van der Waals surface area contributed by atoms with Gasteiger partial charge in [-0.2, -0.15) is 0 Å². The number of aliphatic hydroxyl groups excluding tert-OH is 2. The number of nitrogens with zero attached hydrogens (tertiary/aromatic N) is 1. The summed E-state index contributed by atoms with van der Waals surface area (Å²) in [4.78, 5) is 2.07. The molecule has 1 atom stereocenters. The Kier molecular flexibility index (Phi) is 9.35. The van der Waals surface area contributed by atoms with Crippen LogP contribution in [0.2, 0.25) is 0 Å². The first-order valence-corrected chi connectivity index (χ1v) is 5.79. The Labute approximate surface area is 87.7 Å². The van der Waals surface area contributed by atoms with Crippen LogP contribution in [0, 0.1) is 0 Å². The number of aliphatic hydroxyl groups is 2. The number of rotatable bonds is 9. The van der Waals surface area contributed by atoms with Crippen molar-refractivity contribution in [2.75, 3.05) is 19.7 Å². The summed E-state index contributed by atoms with van der Waals surface area (Å²) in [6.45, 7) is 6.25. The van der Waals surface area contributed by atoms with Crippen LogP contribution >= 0.6 is 0 Å². The lowest BCUT2D eigenvalue weighted by molar-refractivity contribution is -0.0141. The molecule has 0 aromatic carbocycles. The third kappa shape index (κ3) is 6.35. The van der Waals surface area contributed by atoms with Crippen LogP contribution in [0.1, 0.15) is 46.0 Å². The first-order valence-electron chi connectivity index (χ1n) is 5.79. The van der Waals surface area contributed by atoms with Crippen molar-refractivity contribution in [3.05, 3.63) is 0 Å². The largest absolute Gasteiger partial charge is 0.396 e. The third-order valence-electron chi connectivity index (χ3n) is 2.41. The minimum absolute atomic E-state index is 0.0654. The van der Waals surface area contributed by atoms with Crippen molar-refractivity contribution in [3.8, 4) is 0 Å². The molecule has 0 aliphatic heterocycles. The third-order valence-corrected chi connectivity index (χ3v) is 2.41. The monoisotopic (exact) mass is 203 g/mol. The number of unbranched alkanes of at least 4 members (excludes halogenated alkanes) is 2. The second-order valence-electron chi connectivity index (χ2n) is 3.74. The van der Waals surface area contributed by atoms with Crippen molar-refractivity contribution in [2.45, 2.75) is 52.2 Å². The Hall–Kier alpha value is -0.120. The van der Waals surface area contributed by atoms with Crippen LogP contribution in [0.25, 0.3) is 0 Å². The summed E-state index contributed by atoms with van der Waals surface area (Å²) in [5, 5.41) is 18.5. The Balaban J connectivity index is 3.81. The van der Waals surface area contributed by atoms with E-state index in [-0.39, 0.29) is 6.61 Å². The Morgan fingerprint density at radius 2 is 1.57 bits per heavy atom. The molecule has 0 amide bonds. The molecule has 14 heavy (non-hydrogen) atoms. The molecule has 0 aromatic rings. The molecule has 0 heterocycles. The van der Waals surface area contributed by atoms with Crippen LogP contribution < -0.4 is 0 Å². The van der Waals surface area contributed by atoms with Crippen LogP contribution in [0.15, 0.2) is 0 Å². The van der Waals surface area contributed by atoms with E-state index in [1.54, 1.807) is 0 Å². The zero-order chi connectivity index (χ0) is 10.8. The molecule has 0 aliphatic carbocycles. The summed E-state index contributed by atoms with van der Waals surface area (Å²) in [7, 11) is 0. The fourth-order valence-corrected chi connectivity index (χ4v) is 1.43. The van der Waals surface area contributed by atoms with E-state index in [9.17, 15) is 5.11 Å². The zero-order valence-corrected chi connectivity index (χ0v) is 9.58. The smallest absolute Gasteiger partial charge is 0.109 e. The molecule has 0 spiro atoms. The van der Waals surface area contributed by atoms with Gasteiger partial charge in [-0.05, 0) is 12.8 Å². The van der Waals surface area contributed by atoms with E-state index in [2.05, 4.69) is 18.7 Å². The average Bonchev–Trinajstić information content (AvgIpc) is 2.18. The van der Waals surface area contributed by atoms with Gasteiger partial charge in [0, 0.05) is 26.1 Å². The zero-order valence-electron chi connectivity index (χ0n) is 9.58. The molecule has 3 nitrogen and oxygen atoms in total. The van der Waals surface area contributed by atoms with E-state index in [1.807, 2.05) is 0 Å². The van der Waals surface area contributed by atoms with Gasteiger partial charge in [-0.1, -0.05) is 26.7 Å².